The summed E-state index contributed by atoms with van der Waals surface area (Å²) in [6.07, 6.45) is 10.5. The van der Waals surface area contributed by atoms with Crippen LogP contribution in [0.15, 0.2) is 24.5 Å². The molecule has 1 aliphatic rings. The molecule has 0 bridgehead atoms. The van der Waals surface area contributed by atoms with E-state index in [9.17, 15) is 0 Å². The molecule has 3 rings (SSSR count). The molecule has 3 heterocycles. The Morgan fingerprint density at radius 2 is 1.84 bits per heavy atom. The Morgan fingerprint density at radius 3 is 2.56 bits per heavy atom. The lowest BCUT2D eigenvalue weighted by atomic mass is 10.1. The lowest BCUT2D eigenvalue weighted by Gasteiger charge is -2.27. The van der Waals surface area contributed by atoms with Crippen LogP contribution in [0, 0.1) is 0 Å². The number of nitrogens with one attached hydrogen (secondary N) is 1. The van der Waals surface area contributed by atoms with Crippen molar-refractivity contribution in [2.24, 2.45) is 0 Å². The quantitative estimate of drug-likeness (QED) is 0.853. The fourth-order valence-corrected chi connectivity index (χ4v) is 4.02. The summed E-state index contributed by atoms with van der Waals surface area (Å²) >= 11 is 1.74. The van der Waals surface area contributed by atoms with Gasteiger partial charge in [-0.15, -0.1) is 11.3 Å². The standard InChI is InChI=1S/C19H29N5S/c1-23(2)19-22-15-17(25-19)14-20-13-16-9-8-10-21-18(16)24-11-6-4-3-5-7-12-24/h8-10,15,20H,3-7,11-14H2,1-2H3. The molecule has 0 aliphatic carbocycles. The predicted molar refractivity (Wildman–Crippen MR) is 107 cm³/mol. The Hall–Kier alpha value is -1.66. The summed E-state index contributed by atoms with van der Waals surface area (Å²) in [6, 6.07) is 4.24. The van der Waals surface area contributed by atoms with Gasteiger partial charge in [-0.25, -0.2) is 9.97 Å². The number of nitrogens with zero attached hydrogens (tertiary/aromatic N) is 4. The van der Waals surface area contributed by atoms with Crippen LogP contribution < -0.4 is 15.1 Å². The van der Waals surface area contributed by atoms with Crippen molar-refractivity contribution in [1.29, 1.82) is 0 Å². The van der Waals surface area contributed by atoms with Gasteiger partial charge in [0.2, 0.25) is 0 Å². The number of aromatic nitrogens is 2. The molecule has 0 atom stereocenters. The molecule has 1 fully saturated rings. The van der Waals surface area contributed by atoms with E-state index in [1.54, 1.807) is 11.3 Å². The molecule has 1 N–H and O–H groups in total. The van der Waals surface area contributed by atoms with E-state index in [0.717, 1.165) is 37.1 Å². The Morgan fingerprint density at radius 1 is 1.08 bits per heavy atom. The zero-order valence-corrected chi connectivity index (χ0v) is 16.2. The molecule has 0 aromatic carbocycles. The molecule has 6 heteroatoms. The van der Waals surface area contributed by atoms with Crippen LogP contribution in [0.3, 0.4) is 0 Å². The van der Waals surface area contributed by atoms with Gasteiger partial charge in [0.25, 0.3) is 0 Å². The summed E-state index contributed by atoms with van der Waals surface area (Å²) in [5, 5.41) is 4.62. The Labute approximate surface area is 155 Å². The average molecular weight is 360 g/mol. The third-order valence-corrected chi connectivity index (χ3v) is 5.73. The third-order valence-electron chi connectivity index (χ3n) is 4.56. The molecule has 0 radical (unpaired) electrons. The lowest BCUT2D eigenvalue weighted by molar-refractivity contribution is 0.551. The van der Waals surface area contributed by atoms with E-state index >= 15 is 0 Å². The largest absolute Gasteiger partial charge is 0.356 e. The maximum Gasteiger partial charge on any atom is 0.185 e. The second-order valence-electron chi connectivity index (χ2n) is 6.85. The van der Waals surface area contributed by atoms with Gasteiger partial charge < -0.3 is 15.1 Å². The van der Waals surface area contributed by atoms with Crippen molar-refractivity contribution in [1.82, 2.24) is 15.3 Å². The van der Waals surface area contributed by atoms with Crippen LogP contribution in [0.5, 0.6) is 0 Å². The molecule has 2 aromatic rings. The second kappa shape index (κ2) is 9.15. The molecule has 0 unspecified atom stereocenters. The Bertz CT molecular complexity index is 647. The van der Waals surface area contributed by atoms with Gasteiger partial charge in [0.05, 0.1) is 0 Å². The van der Waals surface area contributed by atoms with E-state index in [0.29, 0.717) is 0 Å². The smallest absolute Gasteiger partial charge is 0.185 e. The molecular weight excluding hydrogens is 330 g/mol. The first-order valence-electron chi connectivity index (χ1n) is 9.25. The van der Waals surface area contributed by atoms with Crippen LogP contribution in [-0.2, 0) is 13.1 Å². The molecule has 5 nitrogen and oxygen atoms in total. The van der Waals surface area contributed by atoms with Gasteiger partial charge in [0.1, 0.15) is 5.82 Å². The number of rotatable bonds is 6. The van der Waals surface area contributed by atoms with Crippen molar-refractivity contribution in [2.45, 2.75) is 45.2 Å². The minimum Gasteiger partial charge on any atom is -0.356 e. The van der Waals surface area contributed by atoms with Gasteiger partial charge in [-0.2, -0.15) is 0 Å². The molecular formula is C19H29N5S. The van der Waals surface area contributed by atoms with E-state index in [-0.39, 0.29) is 0 Å². The zero-order chi connectivity index (χ0) is 17.5. The summed E-state index contributed by atoms with van der Waals surface area (Å²) in [5.41, 5.74) is 1.29. The van der Waals surface area contributed by atoms with Crippen LogP contribution in [0.4, 0.5) is 10.9 Å². The molecule has 1 saturated heterocycles. The highest BCUT2D eigenvalue weighted by atomic mass is 32.1. The SMILES string of the molecule is CN(C)c1ncc(CNCc2cccnc2N2CCCCCCC2)s1. The summed E-state index contributed by atoms with van der Waals surface area (Å²) in [6.45, 7) is 3.95. The minimum atomic E-state index is 0.842. The Kier molecular flexibility index (Phi) is 6.64. The van der Waals surface area contributed by atoms with Crippen LogP contribution >= 0.6 is 11.3 Å². The van der Waals surface area contributed by atoms with Crippen LogP contribution in [0.1, 0.15) is 42.5 Å². The molecule has 1 aliphatic heterocycles. The van der Waals surface area contributed by atoms with Gasteiger partial charge in [-0.1, -0.05) is 25.3 Å². The molecule has 2 aromatic heterocycles. The first kappa shape index (κ1) is 18.1. The normalized spacial score (nSPS) is 15.7. The van der Waals surface area contributed by atoms with Crippen LogP contribution in [-0.4, -0.2) is 37.2 Å². The minimum absolute atomic E-state index is 0.842. The van der Waals surface area contributed by atoms with Crippen LogP contribution in [0.2, 0.25) is 0 Å². The molecule has 25 heavy (non-hydrogen) atoms. The van der Waals surface area contributed by atoms with Crippen LogP contribution in [0.25, 0.3) is 0 Å². The highest BCUT2D eigenvalue weighted by Crippen LogP contribution is 2.22. The van der Waals surface area contributed by atoms with Gasteiger partial charge in [-0.05, 0) is 18.9 Å². The molecule has 0 spiro atoms. The summed E-state index contributed by atoms with van der Waals surface area (Å²) in [5.74, 6) is 1.16. The van der Waals surface area contributed by atoms with E-state index in [1.165, 1.54) is 42.5 Å². The molecule has 136 valence electrons. The van der Waals surface area contributed by atoms with Gasteiger partial charge in [0.15, 0.2) is 5.13 Å². The maximum atomic E-state index is 4.70. The Balaban J connectivity index is 1.60. The van der Waals surface area contributed by atoms with Crippen molar-refractivity contribution >= 4 is 22.3 Å². The maximum absolute atomic E-state index is 4.70. The third kappa shape index (κ3) is 5.16. The number of anilines is 2. The zero-order valence-electron chi connectivity index (χ0n) is 15.4. The van der Waals surface area contributed by atoms with E-state index in [1.807, 2.05) is 32.6 Å². The average Bonchev–Trinajstić information content (AvgIpc) is 3.05. The van der Waals surface area contributed by atoms with Gasteiger partial charge >= 0.3 is 0 Å². The van der Waals surface area contributed by atoms with E-state index in [4.69, 9.17) is 4.98 Å². The van der Waals surface area contributed by atoms with E-state index < -0.39 is 0 Å². The highest BCUT2D eigenvalue weighted by molar-refractivity contribution is 7.15. The van der Waals surface area contributed by atoms with E-state index in [2.05, 4.69) is 26.2 Å². The first-order chi connectivity index (χ1) is 12.2. The fraction of sp³-hybridized carbons (Fsp3) is 0.579. The lowest BCUT2D eigenvalue weighted by Crippen LogP contribution is -2.29. The molecule has 0 saturated carbocycles. The number of pyridine rings is 1. The summed E-state index contributed by atoms with van der Waals surface area (Å²) < 4.78 is 0. The molecule has 0 amide bonds. The first-order valence-corrected chi connectivity index (χ1v) is 10.1. The summed E-state index contributed by atoms with van der Waals surface area (Å²) in [4.78, 5) is 14.9. The second-order valence-corrected chi connectivity index (χ2v) is 7.94. The predicted octanol–water partition coefficient (Wildman–Crippen LogP) is 3.66. The van der Waals surface area contributed by atoms with Crippen molar-refractivity contribution in [3.8, 4) is 0 Å². The fourth-order valence-electron chi connectivity index (χ4n) is 3.22. The topological polar surface area (TPSA) is 44.3 Å². The van der Waals surface area contributed by atoms with Crippen molar-refractivity contribution in [3.05, 3.63) is 35.0 Å². The highest BCUT2D eigenvalue weighted by Gasteiger charge is 2.14. The van der Waals surface area contributed by atoms with Crippen molar-refractivity contribution in [3.63, 3.8) is 0 Å². The van der Waals surface area contributed by atoms with Crippen molar-refractivity contribution in [2.75, 3.05) is 37.0 Å². The summed E-state index contributed by atoms with van der Waals surface area (Å²) in [7, 11) is 4.06. The van der Waals surface area contributed by atoms with Gasteiger partial charge in [0, 0.05) is 63.1 Å². The number of hydrogen-bond acceptors (Lipinski definition) is 6. The monoisotopic (exact) mass is 359 g/mol. The van der Waals surface area contributed by atoms with Gasteiger partial charge in [-0.3, -0.25) is 0 Å². The van der Waals surface area contributed by atoms with Crippen molar-refractivity contribution < 1.29 is 0 Å². The number of hydrogen-bond donors (Lipinski definition) is 1. The number of thiazole rings is 1.